The molecule has 2 amide bonds. The van der Waals surface area contributed by atoms with E-state index in [1.165, 1.54) is 20.8 Å². The molecule has 0 heterocycles. The average molecular weight is 418 g/mol. The summed E-state index contributed by atoms with van der Waals surface area (Å²) in [5, 5.41) is 13.4. The summed E-state index contributed by atoms with van der Waals surface area (Å²) >= 11 is 0. The molecule has 6 nitrogen and oxygen atoms in total. The van der Waals surface area contributed by atoms with Crippen molar-refractivity contribution in [2.24, 2.45) is 0 Å². The second-order valence-electron chi connectivity index (χ2n) is 7.76. The van der Waals surface area contributed by atoms with E-state index < -0.39 is 42.3 Å². The van der Waals surface area contributed by atoms with E-state index >= 15 is 0 Å². The highest BCUT2D eigenvalue weighted by molar-refractivity contribution is 5.82. The van der Waals surface area contributed by atoms with Crippen LogP contribution < -0.4 is 5.32 Å². The van der Waals surface area contributed by atoms with Gasteiger partial charge in [-0.2, -0.15) is 13.2 Å². The smallest absolute Gasteiger partial charge is 0.381 e. The minimum absolute atomic E-state index is 0.0406. The summed E-state index contributed by atoms with van der Waals surface area (Å²) in [5.74, 6) is -1.01. The first-order valence-corrected chi connectivity index (χ1v) is 9.41. The van der Waals surface area contributed by atoms with Crippen molar-refractivity contribution < 1.29 is 32.7 Å². The van der Waals surface area contributed by atoms with Gasteiger partial charge in [0.15, 0.2) is 6.10 Å². The van der Waals surface area contributed by atoms with E-state index in [2.05, 4.69) is 5.32 Å². The number of halogens is 3. The first-order valence-electron chi connectivity index (χ1n) is 9.41. The van der Waals surface area contributed by atoms with Gasteiger partial charge in [0.05, 0.1) is 18.1 Å². The number of carbonyl (C=O) groups excluding carboxylic acids is 2. The summed E-state index contributed by atoms with van der Waals surface area (Å²) in [6.45, 7) is 6.50. The Morgan fingerprint density at radius 3 is 2.28 bits per heavy atom. The van der Waals surface area contributed by atoms with Gasteiger partial charge in [-0.3, -0.25) is 14.4 Å². The number of nitrogens with zero attached hydrogens (tertiary/aromatic N) is 1. The van der Waals surface area contributed by atoms with Gasteiger partial charge < -0.3 is 10.4 Å². The fourth-order valence-electron chi connectivity index (χ4n) is 2.79. The van der Waals surface area contributed by atoms with Gasteiger partial charge >= 0.3 is 6.18 Å². The molecule has 0 radical (unpaired) electrons. The van der Waals surface area contributed by atoms with Crippen molar-refractivity contribution in [1.82, 2.24) is 10.4 Å². The Labute approximate surface area is 169 Å². The van der Waals surface area contributed by atoms with Gasteiger partial charge in [-0.25, -0.2) is 5.06 Å². The largest absolute Gasteiger partial charge is 0.391 e. The molecular weight excluding hydrogens is 389 g/mol. The molecule has 9 heteroatoms. The lowest BCUT2D eigenvalue weighted by Gasteiger charge is -2.35. The van der Waals surface area contributed by atoms with E-state index in [0.717, 1.165) is 5.56 Å². The maximum atomic E-state index is 13.1. The lowest BCUT2D eigenvalue weighted by atomic mass is 10.0. The van der Waals surface area contributed by atoms with Crippen molar-refractivity contribution in [2.45, 2.75) is 76.9 Å². The zero-order chi connectivity index (χ0) is 22.2. The lowest BCUT2D eigenvalue weighted by molar-refractivity contribution is -0.257. The lowest BCUT2D eigenvalue weighted by Crippen LogP contribution is -2.54. The summed E-state index contributed by atoms with van der Waals surface area (Å²) < 4.78 is 39.2. The van der Waals surface area contributed by atoms with Gasteiger partial charge in [0, 0.05) is 0 Å². The molecule has 1 rings (SSSR count). The highest BCUT2D eigenvalue weighted by Crippen LogP contribution is 2.28. The third kappa shape index (κ3) is 8.82. The normalized spacial score (nSPS) is 15.3. The maximum Gasteiger partial charge on any atom is 0.391 e. The van der Waals surface area contributed by atoms with Gasteiger partial charge in [0.1, 0.15) is 6.04 Å². The molecular formula is C20H29F3N2O4. The Hall–Kier alpha value is -2.13. The summed E-state index contributed by atoms with van der Waals surface area (Å²) in [4.78, 5) is 29.2. The molecule has 0 fully saturated rings. The molecule has 1 aromatic carbocycles. The van der Waals surface area contributed by atoms with Crippen LogP contribution in [0, 0.1) is 0 Å². The molecule has 0 saturated carbocycles. The molecule has 0 aromatic heterocycles. The molecule has 0 bridgehead atoms. The van der Waals surface area contributed by atoms with Crippen molar-refractivity contribution in [2.75, 3.05) is 0 Å². The molecule has 0 aliphatic heterocycles. The predicted molar refractivity (Wildman–Crippen MR) is 101 cm³/mol. The van der Waals surface area contributed by atoms with E-state index in [0.29, 0.717) is 17.9 Å². The minimum Gasteiger partial charge on any atom is -0.381 e. The molecule has 164 valence electrons. The highest BCUT2D eigenvalue weighted by Gasteiger charge is 2.42. The van der Waals surface area contributed by atoms with Crippen LogP contribution in [-0.4, -0.2) is 46.4 Å². The van der Waals surface area contributed by atoms with Gasteiger partial charge in [0.2, 0.25) is 6.41 Å². The van der Waals surface area contributed by atoms with E-state index in [4.69, 9.17) is 4.84 Å². The van der Waals surface area contributed by atoms with Crippen LogP contribution in [0.4, 0.5) is 13.2 Å². The van der Waals surface area contributed by atoms with Crippen LogP contribution >= 0.6 is 0 Å². The third-order valence-electron chi connectivity index (χ3n) is 3.98. The topological polar surface area (TPSA) is 78.9 Å². The number of aliphatic hydroxyl groups excluding tert-OH is 1. The second kappa shape index (κ2) is 10.6. The number of nitrogens with one attached hydrogen (secondary N) is 1. The number of alkyl halides is 3. The Balaban J connectivity index is 3.07. The average Bonchev–Trinajstić information content (AvgIpc) is 2.62. The molecule has 1 aromatic rings. The molecule has 2 N–H and O–H groups in total. The molecule has 3 atom stereocenters. The van der Waals surface area contributed by atoms with E-state index in [-0.39, 0.29) is 6.41 Å². The van der Waals surface area contributed by atoms with Crippen molar-refractivity contribution in [3.05, 3.63) is 35.9 Å². The zero-order valence-electron chi connectivity index (χ0n) is 17.1. The Bertz CT molecular complexity index is 647. The molecule has 0 saturated heterocycles. The van der Waals surface area contributed by atoms with Crippen LogP contribution in [0.1, 0.15) is 58.6 Å². The van der Waals surface area contributed by atoms with E-state index in [1.807, 2.05) is 6.92 Å². The van der Waals surface area contributed by atoms with Crippen LogP contribution in [0.2, 0.25) is 0 Å². The number of benzene rings is 1. The fraction of sp³-hybridized carbons (Fsp3) is 0.600. The van der Waals surface area contributed by atoms with Crippen LogP contribution in [-0.2, 0) is 14.4 Å². The first kappa shape index (κ1) is 24.9. The zero-order valence-corrected chi connectivity index (χ0v) is 17.1. The quantitative estimate of drug-likeness (QED) is 0.450. The second-order valence-corrected chi connectivity index (χ2v) is 7.76. The Kier molecular flexibility index (Phi) is 9.10. The number of rotatable bonds is 10. The number of aliphatic hydroxyl groups is 1. The summed E-state index contributed by atoms with van der Waals surface area (Å²) in [6.07, 6.45) is -7.18. The fourth-order valence-corrected chi connectivity index (χ4v) is 2.79. The van der Waals surface area contributed by atoms with Crippen LogP contribution in [0.3, 0.4) is 0 Å². The van der Waals surface area contributed by atoms with Crippen molar-refractivity contribution >= 4 is 12.3 Å². The summed E-state index contributed by atoms with van der Waals surface area (Å²) in [7, 11) is 0. The summed E-state index contributed by atoms with van der Waals surface area (Å²) in [5.41, 5.74) is -0.240. The molecule has 29 heavy (non-hydrogen) atoms. The number of hydrogen-bond donors (Lipinski definition) is 2. The Morgan fingerprint density at radius 2 is 1.83 bits per heavy atom. The minimum atomic E-state index is -4.73. The molecule has 2 unspecified atom stereocenters. The summed E-state index contributed by atoms with van der Waals surface area (Å²) in [6, 6.07) is 6.50. The predicted octanol–water partition coefficient (Wildman–Crippen LogP) is 3.51. The third-order valence-corrected chi connectivity index (χ3v) is 3.98. The van der Waals surface area contributed by atoms with E-state index in [1.54, 1.807) is 30.3 Å². The van der Waals surface area contributed by atoms with Gasteiger partial charge in [-0.15, -0.1) is 0 Å². The number of carbonyl (C=O) groups is 2. The van der Waals surface area contributed by atoms with E-state index in [9.17, 15) is 27.9 Å². The maximum absolute atomic E-state index is 13.1. The molecule has 0 aliphatic rings. The highest BCUT2D eigenvalue weighted by atomic mass is 19.4. The number of hydrogen-bond acceptors (Lipinski definition) is 4. The molecule has 0 aliphatic carbocycles. The van der Waals surface area contributed by atoms with Crippen molar-refractivity contribution in [1.29, 1.82) is 0 Å². The number of hydroxylamine groups is 2. The van der Waals surface area contributed by atoms with Gasteiger partial charge in [0.25, 0.3) is 5.91 Å². The monoisotopic (exact) mass is 418 g/mol. The van der Waals surface area contributed by atoms with Gasteiger partial charge in [-0.05, 0) is 32.8 Å². The van der Waals surface area contributed by atoms with Gasteiger partial charge in [-0.1, -0.05) is 43.7 Å². The first-order chi connectivity index (χ1) is 13.4. The standard InChI is InChI=1S/C20H29F3N2O4/c1-5-9-15(14-10-7-6-8-11-14)24-18(28)17(27)16(12-20(21,22)23)25(13-26)29-19(2,3)4/h6-8,10-11,13,15-17,27H,5,9,12H2,1-4H3,(H,24,28)/t15-,16?,17?/m0/s1. The molecule has 0 spiro atoms. The Morgan fingerprint density at radius 1 is 1.24 bits per heavy atom. The van der Waals surface area contributed by atoms with Crippen molar-refractivity contribution in [3.8, 4) is 0 Å². The SMILES string of the molecule is CCC[C@H](NC(=O)C(O)C(CC(F)(F)F)N(C=O)OC(C)(C)C)c1ccccc1. The van der Waals surface area contributed by atoms with Crippen molar-refractivity contribution in [3.63, 3.8) is 0 Å². The van der Waals surface area contributed by atoms with Crippen LogP contribution in [0.5, 0.6) is 0 Å². The van der Waals surface area contributed by atoms with Crippen LogP contribution in [0.25, 0.3) is 0 Å². The number of amides is 2. The van der Waals surface area contributed by atoms with Crippen LogP contribution in [0.15, 0.2) is 30.3 Å².